The smallest absolute Gasteiger partial charge is 0.240 e. The maximum atomic E-state index is 12.4. The zero-order valence-corrected chi connectivity index (χ0v) is 11.3. The van der Waals surface area contributed by atoms with Crippen molar-refractivity contribution in [1.29, 1.82) is 0 Å². The molecule has 0 aromatic rings. The fourth-order valence-electron chi connectivity index (χ4n) is 2.57. The van der Waals surface area contributed by atoms with Crippen LogP contribution in [-0.2, 0) is 4.79 Å². The van der Waals surface area contributed by atoms with E-state index in [0.29, 0.717) is 11.8 Å². The van der Waals surface area contributed by atoms with Gasteiger partial charge in [-0.15, -0.1) is 0 Å². The van der Waals surface area contributed by atoms with Gasteiger partial charge in [-0.05, 0) is 32.7 Å². The van der Waals surface area contributed by atoms with Crippen LogP contribution in [0.2, 0.25) is 0 Å². The van der Waals surface area contributed by atoms with Crippen molar-refractivity contribution < 1.29 is 4.79 Å². The van der Waals surface area contributed by atoms with Crippen LogP contribution < -0.4 is 5.32 Å². The Balaban J connectivity index is 1.99. The van der Waals surface area contributed by atoms with Gasteiger partial charge in [0.2, 0.25) is 5.91 Å². The molecule has 2 fully saturated rings. The molecule has 2 heterocycles. The normalized spacial score (nSPS) is 34.1. The Morgan fingerprint density at radius 3 is 2.81 bits per heavy atom. The van der Waals surface area contributed by atoms with Crippen LogP contribution in [0.15, 0.2) is 0 Å². The quantitative estimate of drug-likeness (QED) is 0.753. The summed E-state index contributed by atoms with van der Waals surface area (Å²) in [6, 6.07) is 0.0684. The van der Waals surface area contributed by atoms with Gasteiger partial charge in [0.1, 0.15) is 0 Å². The van der Waals surface area contributed by atoms with Crippen LogP contribution in [0, 0.1) is 5.92 Å². The summed E-state index contributed by atoms with van der Waals surface area (Å²) in [5.74, 6) is 1.88. The fourth-order valence-corrected chi connectivity index (χ4v) is 3.68. The molecule has 0 radical (unpaired) electrons. The van der Waals surface area contributed by atoms with E-state index in [1.165, 1.54) is 0 Å². The summed E-state index contributed by atoms with van der Waals surface area (Å²) in [6.45, 7) is 9.42. The second kappa shape index (κ2) is 4.57. The van der Waals surface area contributed by atoms with E-state index in [2.05, 4.69) is 31.0 Å². The van der Waals surface area contributed by atoms with Crippen molar-refractivity contribution in [2.75, 3.05) is 25.4 Å². The third-order valence-corrected chi connectivity index (χ3v) is 4.83. The molecular formula is C12H22N2OS. The van der Waals surface area contributed by atoms with Crippen molar-refractivity contribution in [3.63, 3.8) is 0 Å². The highest BCUT2D eigenvalue weighted by Crippen LogP contribution is 2.30. The molecule has 0 aliphatic carbocycles. The van der Waals surface area contributed by atoms with Gasteiger partial charge < -0.3 is 10.2 Å². The molecule has 2 aliphatic rings. The second-order valence-corrected chi connectivity index (χ2v) is 7.37. The summed E-state index contributed by atoms with van der Waals surface area (Å²) in [7, 11) is 0. The molecule has 1 N–H and O–H groups in total. The van der Waals surface area contributed by atoms with Crippen LogP contribution in [0.4, 0.5) is 0 Å². The van der Waals surface area contributed by atoms with Crippen LogP contribution in [0.5, 0.6) is 0 Å². The largest absolute Gasteiger partial charge is 0.339 e. The van der Waals surface area contributed by atoms with Crippen LogP contribution in [0.1, 0.15) is 27.2 Å². The predicted octanol–water partition coefficient (Wildman–Crippen LogP) is 1.34. The lowest BCUT2D eigenvalue weighted by molar-refractivity contribution is -0.134. The highest BCUT2D eigenvalue weighted by Gasteiger charge is 2.36. The van der Waals surface area contributed by atoms with E-state index in [0.717, 1.165) is 31.8 Å². The molecule has 0 aromatic carbocycles. The van der Waals surface area contributed by atoms with Crippen LogP contribution in [-0.4, -0.2) is 47.0 Å². The van der Waals surface area contributed by atoms with Crippen molar-refractivity contribution in [2.24, 2.45) is 5.92 Å². The molecule has 0 aromatic heterocycles. The van der Waals surface area contributed by atoms with Crippen molar-refractivity contribution in [2.45, 2.75) is 38.0 Å². The SMILES string of the molecule is CC1CCNC1C(=O)N1CCSC(C)(C)C1. The standard InChI is InChI=1S/C12H22N2OS/c1-9-4-5-13-10(9)11(15)14-6-7-16-12(2,3)8-14/h9-10,13H,4-8H2,1-3H3. The summed E-state index contributed by atoms with van der Waals surface area (Å²) >= 11 is 1.97. The lowest BCUT2D eigenvalue weighted by Gasteiger charge is -2.39. The van der Waals surface area contributed by atoms with E-state index in [-0.39, 0.29) is 10.8 Å². The number of amides is 1. The minimum Gasteiger partial charge on any atom is -0.339 e. The molecule has 2 rings (SSSR count). The summed E-state index contributed by atoms with van der Waals surface area (Å²) in [5.41, 5.74) is 0. The van der Waals surface area contributed by atoms with Crippen LogP contribution in [0.3, 0.4) is 0 Å². The molecule has 1 amide bonds. The van der Waals surface area contributed by atoms with Gasteiger partial charge in [-0.25, -0.2) is 0 Å². The molecule has 4 heteroatoms. The Hall–Kier alpha value is -0.220. The molecular weight excluding hydrogens is 220 g/mol. The summed E-state index contributed by atoms with van der Waals surface area (Å²) in [6.07, 6.45) is 1.13. The van der Waals surface area contributed by atoms with Gasteiger partial charge in [-0.3, -0.25) is 4.79 Å². The fraction of sp³-hybridized carbons (Fsp3) is 0.917. The molecule has 92 valence electrons. The lowest BCUT2D eigenvalue weighted by Crippen LogP contribution is -2.52. The van der Waals surface area contributed by atoms with Gasteiger partial charge in [-0.1, -0.05) is 6.92 Å². The Morgan fingerprint density at radius 2 is 2.25 bits per heavy atom. The second-order valence-electron chi connectivity index (χ2n) is 5.57. The van der Waals surface area contributed by atoms with Crippen molar-refractivity contribution in [3.8, 4) is 0 Å². The Bertz CT molecular complexity index is 280. The summed E-state index contributed by atoms with van der Waals surface area (Å²) in [5, 5.41) is 3.33. The lowest BCUT2D eigenvalue weighted by atomic mass is 10.0. The first-order valence-corrected chi connectivity index (χ1v) is 7.14. The monoisotopic (exact) mass is 242 g/mol. The number of nitrogens with one attached hydrogen (secondary N) is 1. The maximum Gasteiger partial charge on any atom is 0.240 e. The number of carbonyl (C=O) groups is 1. The predicted molar refractivity (Wildman–Crippen MR) is 68.7 cm³/mol. The number of carbonyl (C=O) groups excluding carboxylic acids is 1. The van der Waals surface area contributed by atoms with E-state index in [1.54, 1.807) is 0 Å². The van der Waals surface area contributed by atoms with E-state index < -0.39 is 0 Å². The van der Waals surface area contributed by atoms with Gasteiger partial charge in [0.25, 0.3) is 0 Å². The molecule has 2 saturated heterocycles. The first-order valence-electron chi connectivity index (χ1n) is 6.16. The van der Waals surface area contributed by atoms with E-state index in [1.807, 2.05) is 11.8 Å². The third-order valence-electron chi connectivity index (χ3n) is 3.54. The van der Waals surface area contributed by atoms with E-state index >= 15 is 0 Å². The maximum absolute atomic E-state index is 12.4. The molecule has 0 saturated carbocycles. The highest BCUT2D eigenvalue weighted by molar-refractivity contribution is 8.00. The first-order chi connectivity index (χ1) is 7.49. The molecule has 2 atom stereocenters. The van der Waals surface area contributed by atoms with E-state index in [4.69, 9.17) is 0 Å². The Morgan fingerprint density at radius 1 is 1.50 bits per heavy atom. The van der Waals surface area contributed by atoms with Gasteiger partial charge in [0.05, 0.1) is 6.04 Å². The number of nitrogens with zero attached hydrogens (tertiary/aromatic N) is 1. The molecule has 2 aliphatic heterocycles. The zero-order chi connectivity index (χ0) is 11.8. The van der Waals surface area contributed by atoms with Gasteiger partial charge in [-0.2, -0.15) is 11.8 Å². The third kappa shape index (κ3) is 2.54. The number of hydrogen-bond donors (Lipinski definition) is 1. The summed E-state index contributed by atoms with van der Waals surface area (Å²) < 4.78 is 0.218. The number of hydrogen-bond acceptors (Lipinski definition) is 3. The molecule has 2 unspecified atom stereocenters. The minimum atomic E-state index is 0.0684. The topological polar surface area (TPSA) is 32.3 Å². The molecule has 0 bridgehead atoms. The number of rotatable bonds is 1. The van der Waals surface area contributed by atoms with Crippen molar-refractivity contribution >= 4 is 17.7 Å². The van der Waals surface area contributed by atoms with Crippen molar-refractivity contribution in [3.05, 3.63) is 0 Å². The number of thioether (sulfide) groups is 1. The minimum absolute atomic E-state index is 0.0684. The Kier molecular flexibility index (Phi) is 3.50. The van der Waals surface area contributed by atoms with E-state index in [9.17, 15) is 4.79 Å². The summed E-state index contributed by atoms with van der Waals surface area (Å²) in [4.78, 5) is 14.4. The van der Waals surface area contributed by atoms with Gasteiger partial charge in [0.15, 0.2) is 0 Å². The molecule has 3 nitrogen and oxygen atoms in total. The molecule has 0 spiro atoms. The average Bonchev–Trinajstić information content (AvgIpc) is 2.62. The zero-order valence-electron chi connectivity index (χ0n) is 10.5. The van der Waals surface area contributed by atoms with Crippen molar-refractivity contribution in [1.82, 2.24) is 10.2 Å². The molecule has 16 heavy (non-hydrogen) atoms. The highest BCUT2D eigenvalue weighted by atomic mass is 32.2. The van der Waals surface area contributed by atoms with Gasteiger partial charge in [0, 0.05) is 23.6 Å². The van der Waals surface area contributed by atoms with Gasteiger partial charge >= 0.3 is 0 Å². The van der Waals surface area contributed by atoms with Crippen LogP contribution in [0.25, 0.3) is 0 Å². The van der Waals surface area contributed by atoms with Crippen LogP contribution >= 0.6 is 11.8 Å². The Labute approximate surface area is 102 Å². The average molecular weight is 242 g/mol. The first kappa shape index (κ1) is 12.2.